The molecule has 0 aromatic heterocycles. The molecule has 1 N–H and O–H groups in total. The molecular formula is C14H15NO6. The zero-order valence-electron chi connectivity index (χ0n) is 11.5. The van der Waals surface area contributed by atoms with Crippen molar-refractivity contribution in [3.05, 3.63) is 29.8 Å². The van der Waals surface area contributed by atoms with Crippen molar-refractivity contribution in [3.63, 3.8) is 0 Å². The fourth-order valence-corrected chi connectivity index (χ4v) is 1.86. The molecule has 0 aliphatic carbocycles. The van der Waals surface area contributed by atoms with E-state index in [-0.39, 0.29) is 13.2 Å². The van der Waals surface area contributed by atoms with Crippen LogP contribution in [0.3, 0.4) is 0 Å². The van der Waals surface area contributed by atoms with Gasteiger partial charge in [0.05, 0.1) is 19.3 Å². The number of rotatable bonds is 5. The van der Waals surface area contributed by atoms with E-state index in [1.54, 1.807) is 24.3 Å². The minimum atomic E-state index is -0.874. The van der Waals surface area contributed by atoms with Crippen molar-refractivity contribution >= 4 is 17.8 Å². The van der Waals surface area contributed by atoms with Crippen molar-refractivity contribution in [1.82, 2.24) is 5.32 Å². The Morgan fingerprint density at radius 1 is 1.38 bits per heavy atom. The topological polar surface area (TPSA) is 90.9 Å². The van der Waals surface area contributed by atoms with Crippen LogP contribution >= 0.6 is 0 Å². The van der Waals surface area contributed by atoms with Crippen LogP contribution in [0.25, 0.3) is 0 Å². The summed E-state index contributed by atoms with van der Waals surface area (Å²) in [6.07, 6.45) is -0.536. The maximum Gasteiger partial charge on any atom is 0.347 e. The van der Waals surface area contributed by atoms with Gasteiger partial charge < -0.3 is 19.5 Å². The number of methoxy groups -OCH3 is 1. The Balaban J connectivity index is 1.86. The number of amides is 1. The van der Waals surface area contributed by atoms with E-state index < -0.39 is 23.9 Å². The average Bonchev–Trinajstić information content (AvgIpc) is 2.90. The van der Waals surface area contributed by atoms with Crippen molar-refractivity contribution in [2.24, 2.45) is 0 Å². The minimum absolute atomic E-state index is 0.240. The van der Waals surface area contributed by atoms with Crippen LogP contribution in [0, 0.1) is 0 Å². The Hall–Kier alpha value is -2.57. The van der Waals surface area contributed by atoms with E-state index in [2.05, 4.69) is 10.1 Å². The molecule has 1 atom stereocenters. The van der Waals surface area contributed by atoms with E-state index in [1.807, 2.05) is 0 Å². The number of cyclic esters (lactones) is 1. The van der Waals surface area contributed by atoms with Gasteiger partial charge in [0.1, 0.15) is 12.3 Å². The Labute approximate surface area is 121 Å². The van der Waals surface area contributed by atoms with Crippen LogP contribution in [0.4, 0.5) is 0 Å². The summed E-state index contributed by atoms with van der Waals surface area (Å²) in [4.78, 5) is 34.6. The number of hydrogen-bond acceptors (Lipinski definition) is 6. The molecule has 1 aromatic carbocycles. The van der Waals surface area contributed by atoms with Gasteiger partial charge in [0.2, 0.25) is 6.10 Å². The summed E-state index contributed by atoms with van der Waals surface area (Å²) < 4.78 is 14.6. The molecule has 0 radical (unpaired) electrons. The largest absolute Gasteiger partial charge is 0.496 e. The van der Waals surface area contributed by atoms with Crippen molar-refractivity contribution in [2.75, 3.05) is 20.3 Å². The minimum Gasteiger partial charge on any atom is -0.496 e. The van der Waals surface area contributed by atoms with Crippen LogP contribution in [-0.4, -0.2) is 44.2 Å². The van der Waals surface area contributed by atoms with E-state index in [4.69, 9.17) is 9.47 Å². The Kier molecular flexibility index (Phi) is 4.76. The Morgan fingerprint density at radius 3 is 2.81 bits per heavy atom. The molecule has 1 aliphatic heterocycles. The lowest BCUT2D eigenvalue weighted by molar-refractivity contribution is -0.159. The van der Waals surface area contributed by atoms with Gasteiger partial charge in [-0.15, -0.1) is 0 Å². The maximum atomic E-state index is 11.9. The van der Waals surface area contributed by atoms with Crippen molar-refractivity contribution in [2.45, 2.75) is 12.5 Å². The number of nitrogens with one attached hydrogen (secondary N) is 1. The zero-order chi connectivity index (χ0) is 15.2. The lowest BCUT2D eigenvalue weighted by atomic mass is 10.2. The van der Waals surface area contributed by atoms with Crippen molar-refractivity contribution < 1.29 is 28.6 Å². The molecule has 1 aromatic rings. The van der Waals surface area contributed by atoms with Gasteiger partial charge in [-0.25, -0.2) is 4.79 Å². The summed E-state index contributed by atoms with van der Waals surface area (Å²) in [5, 5.41) is 2.42. The first-order valence-corrected chi connectivity index (χ1v) is 6.39. The first-order chi connectivity index (χ1) is 10.1. The smallest absolute Gasteiger partial charge is 0.347 e. The molecule has 7 heteroatoms. The molecule has 112 valence electrons. The maximum absolute atomic E-state index is 11.9. The molecule has 0 bridgehead atoms. The van der Waals surface area contributed by atoms with E-state index in [0.29, 0.717) is 17.7 Å². The van der Waals surface area contributed by atoms with Gasteiger partial charge in [-0.3, -0.25) is 9.59 Å². The number of carbonyl (C=O) groups is 3. The van der Waals surface area contributed by atoms with Gasteiger partial charge >= 0.3 is 11.9 Å². The van der Waals surface area contributed by atoms with E-state index >= 15 is 0 Å². The monoisotopic (exact) mass is 293 g/mol. The Morgan fingerprint density at radius 2 is 2.14 bits per heavy atom. The lowest BCUT2D eigenvalue weighted by Gasteiger charge is -2.10. The fourth-order valence-electron chi connectivity index (χ4n) is 1.86. The van der Waals surface area contributed by atoms with Crippen molar-refractivity contribution in [3.8, 4) is 5.75 Å². The summed E-state index contributed by atoms with van der Waals surface area (Å²) >= 11 is 0. The number of ether oxygens (including phenoxy) is 3. The fraction of sp³-hybridized carbons (Fsp3) is 0.357. The summed E-state index contributed by atoms with van der Waals surface area (Å²) in [6.45, 7) is -0.0922. The number of benzene rings is 1. The highest BCUT2D eigenvalue weighted by molar-refractivity contribution is 5.98. The average molecular weight is 293 g/mol. The first kappa shape index (κ1) is 14.8. The molecule has 1 saturated heterocycles. The molecule has 0 saturated carbocycles. The van der Waals surface area contributed by atoms with Gasteiger partial charge in [-0.05, 0) is 12.1 Å². The molecule has 1 amide bonds. The quantitative estimate of drug-likeness (QED) is 0.784. The summed E-state index contributed by atoms with van der Waals surface area (Å²) in [5.41, 5.74) is 0.313. The molecular weight excluding hydrogens is 278 g/mol. The molecule has 1 aliphatic rings. The number of esters is 2. The number of hydrogen-bond donors (Lipinski definition) is 1. The van der Waals surface area contributed by atoms with E-state index in [9.17, 15) is 14.4 Å². The number of carbonyl (C=O) groups excluding carboxylic acids is 3. The number of para-hydroxylation sites is 1. The van der Waals surface area contributed by atoms with Crippen LogP contribution in [0.5, 0.6) is 5.75 Å². The standard InChI is InChI=1S/C14H15NO6/c1-19-10-5-3-2-4-9(10)13(17)15-8-12(16)21-11-6-7-20-14(11)18/h2-5,11H,6-8H2,1H3,(H,15,17)/t11-/m1/s1. The van der Waals surface area contributed by atoms with Crippen LogP contribution in [0.15, 0.2) is 24.3 Å². The lowest BCUT2D eigenvalue weighted by Crippen LogP contribution is -2.33. The molecule has 2 rings (SSSR count). The van der Waals surface area contributed by atoms with Gasteiger partial charge in [0, 0.05) is 6.42 Å². The van der Waals surface area contributed by atoms with Gasteiger partial charge in [0.25, 0.3) is 5.91 Å². The highest BCUT2D eigenvalue weighted by atomic mass is 16.6. The molecule has 0 spiro atoms. The second-order valence-electron chi connectivity index (χ2n) is 4.32. The van der Waals surface area contributed by atoms with E-state index in [0.717, 1.165) is 0 Å². The van der Waals surface area contributed by atoms with Gasteiger partial charge in [-0.2, -0.15) is 0 Å². The normalized spacial score (nSPS) is 17.0. The molecule has 1 heterocycles. The SMILES string of the molecule is COc1ccccc1C(=O)NCC(=O)O[C@@H]1CCOC1=O. The second kappa shape index (κ2) is 6.74. The second-order valence-corrected chi connectivity index (χ2v) is 4.32. The molecule has 1 fully saturated rings. The predicted molar refractivity (Wildman–Crippen MR) is 70.8 cm³/mol. The third kappa shape index (κ3) is 3.71. The zero-order valence-corrected chi connectivity index (χ0v) is 11.5. The Bertz CT molecular complexity index is 556. The highest BCUT2D eigenvalue weighted by Crippen LogP contribution is 2.16. The summed E-state index contributed by atoms with van der Waals surface area (Å²) in [5.74, 6) is -1.30. The molecule has 21 heavy (non-hydrogen) atoms. The molecule has 0 unspecified atom stereocenters. The predicted octanol–water partition coefficient (Wildman–Crippen LogP) is 0.284. The van der Waals surface area contributed by atoms with Crippen LogP contribution in [0.2, 0.25) is 0 Å². The van der Waals surface area contributed by atoms with E-state index in [1.165, 1.54) is 7.11 Å². The summed E-state index contributed by atoms with van der Waals surface area (Å²) in [6, 6.07) is 6.63. The summed E-state index contributed by atoms with van der Waals surface area (Å²) in [7, 11) is 1.45. The van der Waals surface area contributed by atoms with Gasteiger partial charge in [0.15, 0.2) is 0 Å². The first-order valence-electron chi connectivity index (χ1n) is 6.39. The van der Waals surface area contributed by atoms with Crippen LogP contribution in [-0.2, 0) is 19.1 Å². The van der Waals surface area contributed by atoms with Crippen LogP contribution < -0.4 is 10.1 Å². The highest BCUT2D eigenvalue weighted by Gasteiger charge is 2.30. The van der Waals surface area contributed by atoms with Crippen LogP contribution in [0.1, 0.15) is 16.8 Å². The van der Waals surface area contributed by atoms with Crippen molar-refractivity contribution in [1.29, 1.82) is 0 Å². The third-order valence-corrected chi connectivity index (χ3v) is 2.91. The molecule has 7 nitrogen and oxygen atoms in total. The van der Waals surface area contributed by atoms with Gasteiger partial charge in [-0.1, -0.05) is 12.1 Å². The third-order valence-electron chi connectivity index (χ3n) is 2.91.